The summed E-state index contributed by atoms with van der Waals surface area (Å²) in [6, 6.07) is 11.8. The Balaban J connectivity index is 1.79. The average molecular weight is 327 g/mol. The number of rotatable bonds is 5. The van der Waals surface area contributed by atoms with Crippen molar-refractivity contribution in [3.8, 4) is 5.75 Å². The van der Waals surface area contributed by atoms with Crippen molar-refractivity contribution in [2.45, 2.75) is 39.3 Å². The fourth-order valence-corrected chi connectivity index (χ4v) is 3.32. The van der Waals surface area contributed by atoms with Crippen molar-refractivity contribution in [3.63, 3.8) is 0 Å². The summed E-state index contributed by atoms with van der Waals surface area (Å²) in [5.41, 5.74) is 1.94. The van der Waals surface area contributed by atoms with E-state index in [1.807, 2.05) is 36.1 Å². The van der Waals surface area contributed by atoms with E-state index in [2.05, 4.69) is 35.1 Å². The quantitative estimate of drug-likeness (QED) is 0.891. The molecule has 24 heavy (non-hydrogen) atoms. The van der Waals surface area contributed by atoms with Gasteiger partial charge in [0, 0.05) is 25.0 Å². The van der Waals surface area contributed by atoms with Crippen molar-refractivity contribution in [2.75, 3.05) is 18.5 Å². The minimum absolute atomic E-state index is 0.0620. The highest BCUT2D eigenvalue weighted by Gasteiger charge is 2.30. The van der Waals surface area contributed by atoms with E-state index in [4.69, 9.17) is 4.74 Å². The first-order valence-electron chi connectivity index (χ1n) is 8.69. The first-order chi connectivity index (χ1) is 11.7. The lowest BCUT2D eigenvalue weighted by Crippen LogP contribution is -2.44. The van der Waals surface area contributed by atoms with Gasteiger partial charge in [0.1, 0.15) is 5.75 Å². The molecule has 1 aliphatic rings. The number of urea groups is 1. The maximum absolute atomic E-state index is 12.9. The molecule has 128 valence electrons. The SMILES string of the molecule is CCC[C@@H]1c2cccn2CCN1C(=O)Nc1ccccc1OCC. The van der Waals surface area contributed by atoms with E-state index in [0.717, 1.165) is 31.6 Å². The molecule has 0 saturated heterocycles. The minimum atomic E-state index is -0.0620. The zero-order chi connectivity index (χ0) is 16.9. The topological polar surface area (TPSA) is 46.5 Å². The highest BCUT2D eigenvalue weighted by atomic mass is 16.5. The molecule has 0 unspecified atom stereocenters. The Labute approximate surface area is 143 Å². The second-order valence-electron chi connectivity index (χ2n) is 5.98. The summed E-state index contributed by atoms with van der Waals surface area (Å²) in [4.78, 5) is 14.8. The third kappa shape index (κ3) is 3.25. The fraction of sp³-hybridized carbons (Fsp3) is 0.421. The number of benzene rings is 1. The standard InChI is InChI=1S/C19H25N3O2/c1-3-8-17-16-10-7-12-21(16)13-14-22(17)19(23)20-15-9-5-6-11-18(15)24-4-2/h5-7,9-12,17H,3-4,8,13-14H2,1-2H3,(H,20,23)/t17-/m1/s1. The second-order valence-corrected chi connectivity index (χ2v) is 5.98. The largest absolute Gasteiger partial charge is 0.492 e. The first kappa shape index (κ1) is 16.4. The smallest absolute Gasteiger partial charge is 0.322 e. The van der Waals surface area contributed by atoms with E-state index in [1.165, 1.54) is 5.69 Å². The van der Waals surface area contributed by atoms with Gasteiger partial charge in [0.15, 0.2) is 0 Å². The van der Waals surface area contributed by atoms with Crippen LogP contribution < -0.4 is 10.1 Å². The number of hydrogen-bond donors (Lipinski definition) is 1. The van der Waals surface area contributed by atoms with Crippen LogP contribution >= 0.6 is 0 Å². The van der Waals surface area contributed by atoms with Gasteiger partial charge in [0.2, 0.25) is 0 Å². The molecule has 3 rings (SSSR count). The maximum Gasteiger partial charge on any atom is 0.322 e. The molecule has 1 N–H and O–H groups in total. The number of aromatic nitrogens is 1. The van der Waals surface area contributed by atoms with Crippen molar-refractivity contribution in [1.29, 1.82) is 0 Å². The molecule has 0 aliphatic carbocycles. The highest BCUT2D eigenvalue weighted by Crippen LogP contribution is 2.31. The van der Waals surface area contributed by atoms with Crippen LogP contribution in [0.3, 0.4) is 0 Å². The van der Waals surface area contributed by atoms with Crippen molar-refractivity contribution in [3.05, 3.63) is 48.3 Å². The number of nitrogens with one attached hydrogen (secondary N) is 1. The number of anilines is 1. The summed E-state index contributed by atoms with van der Waals surface area (Å²) < 4.78 is 7.85. The maximum atomic E-state index is 12.9. The van der Waals surface area contributed by atoms with Gasteiger partial charge >= 0.3 is 6.03 Å². The predicted octanol–water partition coefficient (Wildman–Crippen LogP) is 4.28. The molecule has 5 heteroatoms. The molecule has 2 amide bonds. The number of ether oxygens (including phenoxy) is 1. The van der Waals surface area contributed by atoms with Crippen LogP contribution in [0.1, 0.15) is 38.4 Å². The number of hydrogen-bond acceptors (Lipinski definition) is 2. The zero-order valence-electron chi connectivity index (χ0n) is 14.4. The summed E-state index contributed by atoms with van der Waals surface area (Å²) >= 11 is 0. The molecule has 1 aliphatic heterocycles. The minimum Gasteiger partial charge on any atom is -0.492 e. The van der Waals surface area contributed by atoms with Crippen LogP contribution in [-0.4, -0.2) is 28.6 Å². The molecule has 2 aromatic rings. The van der Waals surface area contributed by atoms with Gasteiger partial charge in [-0.3, -0.25) is 0 Å². The Morgan fingerprint density at radius 2 is 2.04 bits per heavy atom. The third-order valence-corrected chi connectivity index (χ3v) is 4.42. The van der Waals surface area contributed by atoms with E-state index >= 15 is 0 Å². The van der Waals surface area contributed by atoms with Gasteiger partial charge in [-0.25, -0.2) is 4.79 Å². The molecular formula is C19H25N3O2. The van der Waals surface area contributed by atoms with Crippen LogP contribution in [0.2, 0.25) is 0 Å². The third-order valence-electron chi connectivity index (χ3n) is 4.42. The zero-order valence-corrected chi connectivity index (χ0v) is 14.4. The number of amides is 2. The van der Waals surface area contributed by atoms with Crippen LogP contribution in [0.4, 0.5) is 10.5 Å². The first-order valence-corrected chi connectivity index (χ1v) is 8.69. The van der Waals surface area contributed by atoms with E-state index < -0.39 is 0 Å². The van der Waals surface area contributed by atoms with Gasteiger partial charge in [0.25, 0.3) is 0 Å². The Hall–Kier alpha value is -2.43. The summed E-state index contributed by atoms with van der Waals surface area (Å²) in [7, 11) is 0. The summed E-state index contributed by atoms with van der Waals surface area (Å²) in [5, 5.41) is 3.03. The monoisotopic (exact) mass is 327 g/mol. The molecule has 0 saturated carbocycles. The summed E-state index contributed by atoms with van der Waals surface area (Å²) in [6.45, 7) is 6.22. The number of nitrogens with zero attached hydrogens (tertiary/aromatic N) is 2. The number of carbonyl (C=O) groups is 1. The summed E-state index contributed by atoms with van der Waals surface area (Å²) in [6.07, 6.45) is 4.09. The number of para-hydroxylation sites is 2. The molecule has 1 aromatic heterocycles. The van der Waals surface area contributed by atoms with Crippen LogP contribution in [0.5, 0.6) is 5.75 Å². The molecular weight excluding hydrogens is 302 g/mol. The Morgan fingerprint density at radius 3 is 2.83 bits per heavy atom. The highest BCUT2D eigenvalue weighted by molar-refractivity contribution is 5.91. The predicted molar refractivity (Wildman–Crippen MR) is 95.4 cm³/mol. The van der Waals surface area contributed by atoms with Gasteiger partial charge in [-0.05, 0) is 37.6 Å². The van der Waals surface area contributed by atoms with Gasteiger partial charge in [-0.1, -0.05) is 25.5 Å². The van der Waals surface area contributed by atoms with Crippen molar-refractivity contribution < 1.29 is 9.53 Å². The van der Waals surface area contributed by atoms with Crippen molar-refractivity contribution >= 4 is 11.7 Å². The summed E-state index contributed by atoms with van der Waals surface area (Å²) in [5.74, 6) is 0.709. The van der Waals surface area contributed by atoms with E-state index in [1.54, 1.807) is 0 Å². The van der Waals surface area contributed by atoms with E-state index in [-0.39, 0.29) is 12.1 Å². The molecule has 1 aromatic carbocycles. The normalized spacial score (nSPS) is 16.6. The Kier molecular flexibility index (Phi) is 5.08. The average Bonchev–Trinajstić information content (AvgIpc) is 3.06. The molecule has 0 bridgehead atoms. The van der Waals surface area contributed by atoms with Crippen LogP contribution in [0.15, 0.2) is 42.6 Å². The van der Waals surface area contributed by atoms with Gasteiger partial charge in [-0.15, -0.1) is 0 Å². The molecule has 1 atom stereocenters. The van der Waals surface area contributed by atoms with E-state index in [0.29, 0.717) is 12.4 Å². The van der Waals surface area contributed by atoms with Gasteiger partial charge < -0.3 is 19.5 Å². The fourth-order valence-electron chi connectivity index (χ4n) is 3.32. The van der Waals surface area contributed by atoms with Crippen LogP contribution in [-0.2, 0) is 6.54 Å². The van der Waals surface area contributed by atoms with Crippen molar-refractivity contribution in [1.82, 2.24) is 9.47 Å². The second kappa shape index (κ2) is 7.43. The molecule has 0 fully saturated rings. The van der Waals surface area contributed by atoms with E-state index in [9.17, 15) is 4.79 Å². The molecule has 2 heterocycles. The van der Waals surface area contributed by atoms with Crippen LogP contribution in [0.25, 0.3) is 0 Å². The lowest BCUT2D eigenvalue weighted by Gasteiger charge is -2.37. The van der Waals surface area contributed by atoms with Gasteiger partial charge in [-0.2, -0.15) is 0 Å². The van der Waals surface area contributed by atoms with Crippen molar-refractivity contribution in [2.24, 2.45) is 0 Å². The number of fused-ring (bicyclic) bond motifs is 1. The van der Waals surface area contributed by atoms with Crippen LogP contribution in [0, 0.1) is 0 Å². The lowest BCUT2D eigenvalue weighted by atomic mass is 10.0. The van der Waals surface area contributed by atoms with Gasteiger partial charge in [0.05, 0.1) is 18.3 Å². The molecule has 5 nitrogen and oxygen atoms in total. The molecule has 0 radical (unpaired) electrons. The Morgan fingerprint density at radius 1 is 1.21 bits per heavy atom. The molecule has 0 spiro atoms. The Bertz CT molecular complexity index is 695. The number of carbonyl (C=O) groups excluding carboxylic acids is 1. The lowest BCUT2D eigenvalue weighted by molar-refractivity contribution is 0.163.